The highest BCUT2D eigenvalue weighted by Crippen LogP contribution is 2.50. The Hall–Kier alpha value is -3.82. The number of hydrogen-bond acceptors (Lipinski definition) is 4. The van der Waals surface area contributed by atoms with Gasteiger partial charge >= 0.3 is 0 Å². The molecule has 9 heteroatoms. The number of aromatic nitrogens is 2. The van der Waals surface area contributed by atoms with Crippen LogP contribution in [0.1, 0.15) is 73.1 Å². The van der Waals surface area contributed by atoms with Crippen LogP contribution in [-0.4, -0.2) is 23.9 Å². The molecule has 3 atom stereocenters. The summed E-state index contributed by atoms with van der Waals surface area (Å²) in [5.41, 5.74) is 4.33. The predicted octanol–water partition coefficient (Wildman–Crippen LogP) is 6.30. The van der Waals surface area contributed by atoms with Crippen LogP contribution in [0.3, 0.4) is 0 Å². The van der Waals surface area contributed by atoms with E-state index in [0.29, 0.717) is 18.5 Å². The minimum atomic E-state index is -3.77. The van der Waals surface area contributed by atoms with Gasteiger partial charge in [-0.1, -0.05) is 44.2 Å². The zero-order chi connectivity index (χ0) is 30.5. The van der Waals surface area contributed by atoms with Gasteiger partial charge in [0.25, 0.3) is 0 Å². The summed E-state index contributed by atoms with van der Waals surface area (Å²) in [6, 6.07) is 18.8. The highest BCUT2D eigenvalue weighted by atomic mass is 32.2. The molecule has 2 aliphatic carbocycles. The third-order valence-corrected chi connectivity index (χ3v) is 10.5. The van der Waals surface area contributed by atoms with E-state index in [9.17, 15) is 17.6 Å². The lowest BCUT2D eigenvalue weighted by atomic mass is 9.71. The molecular weight excluding hydrogens is 563 g/mol. The van der Waals surface area contributed by atoms with E-state index in [2.05, 4.69) is 23.6 Å². The number of anilines is 1. The fourth-order valence-electron chi connectivity index (χ4n) is 6.31. The largest absolute Gasteiger partial charge is 0.337 e. The molecule has 1 N–H and O–H groups in total. The first kappa shape index (κ1) is 29.3. The van der Waals surface area contributed by atoms with Gasteiger partial charge in [0.2, 0.25) is 15.9 Å². The number of benzene rings is 3. The summed E-state index contributed by atoms with van der Waals surface area (Å²) in [6.07, 6.45) is 5.71. The van der Waals surface area contributed by atoms with Crippen LogP contribution in [0, 0.1) is 18.7 Å². The van der Waals surface area contributed by atoms with Gasteiger partial charge in [-0.2, -0.15) is 0 Å². The lowest BCUT2D eigenvalue weighted by Gasteiger charge is -2.38. The molecule has 6 rings (SSSR count). The molecule has 224 valence electrons. The third kappa shape index (κ3) is 5.88. The van der Waals surface area contributed by atoms with Crippen molar-refractivity contribution in [2.75, 3.05) is 4.90 Å². The standard InChI is InChI=1S/C34H37FN4O3S/c1-22-6-5-7-26(18-22)43(41,42)37-31-14-15-34(2,3)30-13-12-25(19-29(30)31)39(21-32-36-16-17-38(32)4)33(40)28-20-27(28)23-8-10-24(35)11-9-23/h5-13,16-19,27-28,31,37H,14-15,20-21H2,1-4H3. The highest BCUT2D eigenvalue weighted by Gasteiger charge is 2.46. The molecule has 7 nitrogen and oxygen atoms in total. The quantitative estimate of drug-likeness (QED) is 0.258. The van der Waals surface area contributed by atoms with Crippen molar-refractivity contribution in [3.63, 3.8) is 0 Å². The minimum absolute atomic E-state index is 0.0239. The van der Waals surface area contributed by atoms with Crippen molar-refractivity contribution in [2.24, 2.45) is 13.0 Å². The first-order valence-electron chi connectivity index (χ1n) is 14.7. The molecule has 2 aliphatic rings. The SMILES string of the molecule is Cc1cccc(S(=O)(=O)NC2CCC(C)(C)c3ccc(N(Cc4nccn4C)C(=O)C4CC4c4ccc(F)cc4)cc32)c1. The fraction of sp³-hybridized carbons (Fsp3) is 0.353. The van der Waals surface area contributed by atoms with Crippen molar-refractivity contribution < 1.29 is 17.6 Å². The lowest BCUT2D eigenvalue weighted by Crippen LogP contribution is -2.37. The van der Waals surface area contributed by atoms with Crippen LogP contribution < -0.4 is 9.62 Å². The van der Waals surface area contributed by atoms with Gasteiger partial charge in [0, 0.05) is 37.1 Å². The molecule has 0 saturated heterocycles. The second kappa shape index (κ2) is 11.0. The average Bonchev–Trinajstić information content (AvgIpc) is 3.67. The van der Waals surface area contributed by atoms with E-state index >= 15 is 0 Å². The van der Waals surface area contributed by atoms with Crippen molar-refractivity contribution in [3.05, 3.63) is 113 Å². The molecular formula is C34H37FN4O3S. The Morgan fingerprint density at radius 1 is 1.12 bits per heavy atom. The fourth-order valence-corrected chi connectivity index (χ4v) is 7.67. The first-order valence-corrected chi connectivity index (χ1v) is 16.2. The smallest absolute Gasteiger partial charge is 0.241 e. The van der Waals surface area contributed by atoms with Gasteiger partial charge in [-0.15, -0.1) is 0 Å². The maximum atomic E-state index is 14.1. The summed E-state index contributed by atoms with van der Waals surface area (Å²) in [5.74, 6) is 0.218. The summed E-state index contributed by atoms with van der Waals surface area (Å²) in [5, 5.41) is 0. The molecule has 1 heterocycles. The van der Waals surface area contributed by atoms with E-state index in [0.717, 1.165) is 34.5 Å². The van der Waals surface area contributed by atoms with E-state index in [1.54, 1.807) is 41.4 Å². The summed E-state index contributed by atoms with van der Waals surface area (Å²) >= 11 is 0. The Kier molecular flexibility index (Phi) is 7.50. The average molecular weight is 601 g/mol. The van der Waals surface area contributed by atoms with Crippen molar-refractivity contribution in [1.29, 1.82) is 0 Å². The Morgan fingerprint density at radius 2 is 1.88 bits per heavy atom. The molecule has 3 aromatic carbocycles. The Morgan fingerprint density at radius 3 is 2.58 bits per heavy atom. The van der Waals surface area contributed by atoms with Gasteiger partial charge in [0.1, 0.15) is 11.6 Å². The predicted molar refractivity (Wildman–Crippen MR) is 165 cm³/mol. The van der Waals surface area contributed by atoms with Crippen molar-refractivity contribution >= 4 is 21.6 Å². The maximum Gasteiger partial charge on any atom is 0.241 e. The van der Waals surface area contributed by atoms with Gasteiger partial charge in [0.05, 0.1) is 11.4 Å². The molecule has 4 aromatic rings. The van der Waals surface area contributed by atoms with Crippen molar-refractivity contribution in [2.45, 2.75) is 68.8 Å². The van der Waals surface area contributed by atoms with Crippen LogP contribution >= 0.6 is 0 Å². The Labute approximate surface area is 252 Å². The van der Waals surface area contributed by atoms with Crippen LogP contribution in [0.5, 0.6) is 0 Å². The number of nitrogens with one attached hydrogen (secondary N) is 1. The van der Waals surface area contributed by atoms with E-state index in [1.807, 2.05) is 49.0 Å². The van der Waals surface area contributed by atoms with Crippen molar-refractivity contribution in [3.8, 4) is 0 Å². The van der Waals surface area contributed by atoms with Gasteiger partial charge < -0.3 is 9.47 Å². The molecule has 1 saturated carbocycles. The van der Waals surface area contributed by atoms with Crippen LogP contribution in [0.4, 0.5) is 10.1 Å². The summed E-state index contributed by atoms with van der Waals surface area (Å²) in [6.45, 7) is 6.49. The van der Waals surface area contributed by atoms with Crippen LogP contribution in [0.2, 0.25) is 0 Å². The number of nitrogens with zero attached hydrogens (tertiary/aromatic N) is 3. The second-order valence-electron chi connectivity index (χ2n) is 12.6. The molecule has 43 heavy (non-hydrogen) atoms. The number of carbonyl (C=O) groups is 1. The Bertz CT molecular complexity index is 1780. The number of sulfonamides is 1. The summed E-state index contributed by atoms with van der Waals surface area (Å²) in [7, 11) is -1.88. The number of rotatable bonds is 8. The molecule has 0 aliphatic heterocycles. The number of fused-ring (bicyclic) bond motifs is 1. The topological polar surface area (TPSA) is 84.3 Å². The van der Waals surface area contributed by atoms with E-state index < -0.39 is 16.1 Å². The number of carbonyl (C=O) groups excluding carboxylic acids is 1. The van der Waals surface area contributed by atoms with E-state index in [-0.39, 0.29) is 40.4 Å². The Balaban J connectivity index is 1.36. The monoisotopic (exact) mass is 600 g/mol. The van der Waals surface area contributed by atoms with Gasteiger partial charge in [-0.3, -0.25) is 4.79 Å². The molecule has 1 amide bonds. The molecule has 3 unspecified atom stereocenters. The molecule has 0 bridgehead atoms. The number of amides is 1. The number of hydrogen-bond donors (Lipinski definition) is 1. The van der Waals surface area contributed by atoms with Gasteiger partial charge in [-0.25, -0.2) is 22.5 Å². The van der Waals surface area contributed by atoms with Gasteiger partial charge in [0.15, 0.2) is 0 Å². The third-order valence-electron chi connectivity index (χ3n) is 9.00. The molecule has 1 fully saturated rings. The van der Waals surface area contributed by atoms with E-state index in [1.165, 1.54) is 12.1 Å². The number of halogens is 1. The van der Waals surface area contributed by atoms with Crippen LogP contribution in [-0.2, 0) is 33.8 Å². The maximum absolute atomic E-state index is 14.1. The zero-order valence-corrected chi connectivity index (χ0v) is 25.7. The number of aryl methyl sites for hydroxylation is 2. The number of imidazole rings is 1. The van der Waals surface area contributed by atoms with E-state index in [4.69, 9.17) is 0 Å². The van der Waals surface area contributed by atoms with Crippen LogP contribution in [0.25, 0.3) is 0 Å². The summed E-state index contributed by atoms with van der Waals surface area (Å²) < 4.78 is 45.4. The molecule has 0 radical (unpaired) electrons. The minimum Gasteiger partial charge on any atom is -0.337 e. The van der Waals surface area contributed by atoms with Gasteiger partial charge in [-0.05, 0) is 96.2 Å². The zero-order valence-electron chi connectivity index (χ0n) is 24.9. The first-order chi connectivity index (χ1) is 20.4. The second-order valence-corrected chi connectivity index (χ2v) is 14.3. The lowest BCUT2D eigenvalue weighted by molar-refractivity contribution is -0.120. The normalized spacial score (nSPS) is 20.8. The molecule has 1 aromatic heterocycles. The molecule has 0 spiro atoms. The van der Waals surface area contributed by atoms with Crippen LogP contribution in [0.15, 0.2) is 84.0 Å². The van der Waals surface area contributed by atoms with Crippen molar-refractivity contribution in [1.82, 2.24) is 14.3 Å². The highest BCUT2D eigenvalue weighted by molar-refractivity contribution is 7.89. The summed E-state index contributed by atoms with van der Waals surface area (Å²) in [4.78, 5) is 20.6.